The van der Waals surface area contributed by atoms with E-state index in [2.05, 4.69) is 10.1 Å². The third-order valence-corrected chi connectivity index (χ3v) is 3.73. The number of hydrogen-bond donors (Lipinski definition) is 1. The van der Waals surface area contributed by atoms with Crippen molar-refractivity contribution >= 4 is 17.3 Å². The molecule has 1 aliphatic rings. The Bertz CT molecular complexity index is 594. The molecule has 1 aromatic carbocycles. The molecule has 0 bridgehead atoms. The molecular formula is C14H16ClN3O2. The number of hydrogen-bond acceptors (Lipinski definition) is 5. The lowest BCUT2D eigenvalue weighted by Gasteiger charge is -2.20. The molecule has 1 saturated heterocycles. The van der Waals surface area contributed by atoms with Crippen molar-refractivity contribution in [1.82, 2.24) is 10.1 Å². The number of rotatable bonds is 3. The van der Waals surface area contributed by atoms with Crippen molar-refractivity contribution in [1.29, 1.82) is 0 Å². The lowest BCUT2D eigenvalue weighted by atomic mass is 10.1. The van der Waals surface area contributed by atoms with Crippen molar-refractivity contribution < 1.29 is 9.26 Å². The van der Waals surface area contributed by atoms with Gasteiger partial charge in [0.2, 0.25) is 0 Å². The Morgan fingerprint density at radius 3 is 3.00 bits per heavy atom. The Morgan fingerprint density at radius 1 is 1.35 bits per heavy atom. The summed E-state index contributed by atoms with van der Waals surface area (Å²) in [7, 11) is 0. The largest absolute Gasteiger partial charge is 0.398 e. The summed E-state index contributed by atoms with van der Waals surface area (Å²) in [5.41, 5.74) is 6.98. The summed E-state index contributed by atoms with van der Waals surface area (Å²) < 4.78 is 10.9. The summed E-state index contributed by atoms with van der Waals surface area (Å²) in [5, 5.41) is 4.48. The van der Waals surface area contributed by atoms with Gasteiger partial charge in [-0.1, -0.05) is 16.8 Å². The molecule has 0 spiro atoms. The van der Waals surface area contributed by atoms with E-state index < -0.39 is 0 Å². The van der Waals surface area contributed by atoms with E-state index in [0.29, 0.717) is 28.8 Å². The van der Waals surface area contributed by atoms with Gasteiger partial charge in [-0.2, -0.15) is 4.98 Å². The molecule has 5 nitrogen and oxygen atoms in total. The minimum Gasteiger partial charge on any atom is -0.398 e. The lowest BCUT2D eigenvalue weighted by Crippen LogP contribution is -2.21. The van der Waals surface area contributed by atoms with Gasteiger partial charge < -0.3 is 15.0 Å². The Morgan fingerprint density at radius 2 is 2.25 bits per heavy atom. The molecule has 2 heterocycles. The molecule has 0 radical (unpaired) electrons. The van der Waals surface area contributed by atoms with E-state index in [0.717, 1.165) is 25.0 Å². The van der Waals surface area contributed by atoms with Crippen molar-refractivity contribution in [2.75, 3.05) is 12.3 Å². The van der Waals surface area contributed by atoms with Crippen LogP contribution in [0.3, 0.4) is 0 Å². The average molecular weight is 294 g/mol. The number of aromatic nitrogens is 2. The van der Waals surface area contributed by atoms with Gasteiger partial charge in [0, 0.05) is 18.6 Å². The van der Waals surface area contributed by atoms with Gasteiger partial charge in [0.1, 0.15) is 0 Å². The van der Waals surface area contributed by atoms with E-state index in [1.165, 1.54) is 6.42 Å². The maximum Gasteiger partial charge on any atom is 0.257 e. The topological polar surface area (TPSA) is 74.2 Å². The summed E-state index contributed by atoms with van der Waals surface area (Å²) >= 11 is 5.99. The van der Waals surface area contributed by atoms with Gasteiger partial charge in [-0.15, -0.1) is 0 Å². The Hall–Kier alpha value is -1.59. The average Bonchev–Trinajstić information content (AvgIpc) is 2.91. The van der Waals surface area contributed by atoms with Crippen LogP contribution in [0.25, 0.3) is 11.5 Å². The van der Waals surface area contributed by atoms with E-state index in [1.54, 1.807) is 12.1 Å². The maximum absolute atomic E-state index is 5.99. The van der Waals surface area contributed by atoms with E-state index in [9.17, 15) is 0 Å². The molecule has 1 atom stereocenters. The number of nitrogens with zero attached hydrogens (tertiary/aromatic N) is 2. The van der Waals surface area contributed by atoms with Gasteiger partial charge in [0.25, 0.3) is 5.89 Å². The third kappa shape index (κ3) is 2.94. The zero-order valence-electron chi connectivity index (χ0n) is 11.0. The quantitative estimate of drug-likeness (QED) is 0.880. The monoisotopic (exact) mass is 293 g/mol. The number of benzene rings is 1. The van der Waals surface area contributed by atoms with Crippen LogP contribution in [0, 0.1) is 0 Å². The predicted molar refractivity (Wildman–Crippen MR) is 76.5 cm³/mol. The summed E-state index contributed by atoms with van der Waals surface area (Å²) in [6, 6.07) is 5.27. The molecule has 1 aliphatic heterocycles. The van der Waals surface area contributed by atoms with Crippen molar-refractivity contribution in [2.24, 2.45) is 0 Å². The van der Waals surface area contributed by atoms with Crippen LogP contribution in [-0.2, 0) is 11.2 Å². The highest BCUT2D eigenvalue weighted by Crippen LogP contribution is 2.26. The number of ether oxygens (including phenoxy) is 1. The Balaban J connectivity index is 1.73. The SMILES string of the molecule is Nc1ccc(-c2nc(CC3CCCCO3)no2)cc1Cl. The van der Waals surface area contributed by atoms with Crippen molar-refractivity contribution in [2.45, 2.75) is 31.8 Å². The normalized spacial score (nSPS) is 19.1. The van der Waals surface area contributed by atoms with Crippen LogP contribution in [0.4, 0.5) is 5.69 Å². The fourth-order valence-corrected chi connectivity index (χ4v) is 2.47. The maximum atomic E-state index is 5.99. The van der Waals surface area contributed by atoms with Crippen molar-refractivity contribution in [3.63, 3.8) is 0 Å². The third-order valence-electron chi connectivity index (χ3n) is 3.40. The second kappa shape index (κ2) is 5.81. The molecule has 2 aromatic rings. The van der Waals surface area contributed by atoms with E-state index in [1.807, 2.05) is 6.07 Å². The Labute approximate surface area is 122 Å². The van der Waals surface area contributed by atoms with Gasteiger partial charge in [-0.05, 0) is 37.5 Å². The zero-order chi connectivity index (χ0) is 13.9. The standard InChI is InChI=1S/C14H16ClN3O2/c15-11-7-9(4-5-12(11)16)14-17-13(18-20-14)8-10-3-1-2-6-19-10/h4-5,7,10H,1-3,6,8,16H2. The zero-order valence-corrected chi connectivity index (χ0v) is 11.8. The number of halogens is 1. The van der Waals surface area contributed by atoms with Crippen LogP contribution in [0.1, 0.15) is 25.1 Å². The summed E-state index contributed by atoms with van der Waals surface area (Å²) in [6.45, 7) is 0.822. The van der Waals surface area contributed by atoms with Gasteiger partial charge in [0.05, 0.1) is 16.8 Å². The molecule has 3 rings (SSSR count). The van der Waals surface area contributed by atoms with Gasteiger partial charge in [-0.25, -0.2) is 0 Å². The molecule has 0 amide bonds. The van der Waals surface area contributed by atoms with Crippen LogP contribution in [0.5, 0.6) is 0 Å². The highest BCUT2D eigenvalue weighted by molar-refractivity contribution is 6.33. The molecule has 1 unspecified atom stereocenters. The van der Waals surface area contributed by atoms with E-state index in [-0.39, 0.29) is 6.10 Å². The number of nitrogen functional groups attached to an aromatic ring is 1. The second-order valence-corrected chi connectivity index (χ2v) is 5.35. The number of nitrogens with two attached hydrogens (primary N) is 1. The first kappa shape index (κ1) is 13.4. The van der Waals surface area contributed by atoms with Crippen molar-refractivity contribution in [3.8, 4) is 11.5 Å². The molecule has 0 saturated carbocycles. The van der Waals surface area contributed by atoms with E-state index in [4.69, 9.17) is 26.6 Å². The molecule has 1 aromatic heterocycles. The van der Waals surface area contributed by atoms with Crippen LogP contribution in [-0.4, -0.2) is 22.9 Å². The van der Waals surface area contributed by atoms with Crippen LogP contribution >= 0.6 is 11.6 Å². The second-order valence-electron chi connectivity index (χ2n) is 4.94. The summed E-state index contributed by atoms with van der Waals surface area (Å²) in [6.07, 6.45) is 4.27. The first-order valence-electron chi connectivity index (χ1n) is 6.72. The fraction of sp³-hybridized carbons (Fsp3) is 0.429. The Kier molecular flexibility index (Phi) is 3.89. The molecular weight excluding hydrogens is 278 g/mol. The minimum atomic E-state index is 0.198. The fourth-order valence-electron chi connectivity index (χ4n) is 2.29. The van der Waals surface area contributed by atoms with Crippen LogP contribution in [0.2, 0.25) is 5.02 Å². The first-order valence-corrected chi connectivity index (χ1v) is 7.10. The minimum absolute atomic E-state index is 0.198. The molecule has 20 heavy (non-hydrogen) atoms. The molecule has 2 N–H and O–H groups in total. The smallest absolute Gasteiger partial charge is 0.257 e. The molecule has 1 fully saturated rings. The van der Waals surface area contributed by atoms with Gasteiger partial charge in [0.15, 0.2) is 5.82 Å². The van der Waals surface area contributed by atoms with Crippen LogP contribution in [0.15, 0.2) is 22.7 Å². The highest BCUT2D eigenvalue weighted by Gasteiger charge is 2.18. The van der Waals surface area contributed by atoms with E-state index >= 15 is 0 Å². The molecule has 106 valence electrons. The predicted octanol–water partition coefficient (Wildman–Crippen LogP) is 3.08. The number of anilines is 1. The lowest BCUT2D eigenvalue weighted by molar-refractivity contribution is 0.0153. The molecule has 6 heteroatoms. The van der Waals surface area contributed by atoms with Gasteiger partial charge in [-0.3, -0.25) is 0 Å². The summed E-state index contributed by atoms with van der Waals surface area (Å²) in [4.78, 5) is 4.39. The van der Waals surface area contributed by atoms with Crippen molar-refractivity contribution in [3.05, 3.63) is 29.0 Å². The van der Waals surface area contributed by atoms with Crippen LogP contribution < -0.4 is 5.73 Å². The summed E-state index contributed by atoms with van der Waals surface area (Å²) in [5.74, 6) is 1.12. The van der Waals surface area contributed by atoms with Gasteiger partial charge >= 0.3 is 0 Å². The first-order chi connectivity index (χ1) is 9.72. The molecule has 0 aliphatic carbocycles. The highest BCUT2D eigenvalue weighted by atomic mass is 35.5.